The van der Waals surface area contributed by atoms with Gasteiger partial charge in [0, 0.05) is 19.6 Å². The molecule has 0 radical (unpaired) electrons. The summed E-state index contributed by atoms with van der Waals surface area (Å²) in [5.74, 6) is 0.190. The number of hydrogen-bond donors (Lipinski definition) is 1. The van der Waals surface area contributed by atoms with Crippen molar-refractivity contribution in [1.29, 1.82) is 0 Å². The quantitative estimate of drug-likeness (QED) is 0.886. The van der Waals surface area contributed by atoms with Gasteiger partial charge in [0.25, 0.3) is 0 Å². The maximum atomic E-state index is 12.4. The molecule has 1 atom stereocenters. The average molecular weight is 356 g/mol. The van der Waals surface area contributed by atoms with Crippen LogP contribution in [-0.4, -0.2) is 39.9 Å². The zero-order chi connectivity index (χ0) is 18.5. The zero-order valence-electron chi connectivity index (χ0n) is 15.2. The van der Waals surface area contributed by atoms with Crippen molar-refractivity contribution in [3.8, 4) is 0 Å². The number of nitrogens with one attached hydrogen (secondary N) is 1. The topological polar surface area (TPSA) is 88.3 Å². The van der Waals surface area contributed by atoms with Gasteiger partial charge in [-0.25, -0.2) is 0 Å². The van der Waals surface area contributed by atoms with E-state index >= 15 is 0 Å². The summed E-state index contributed by atoms with van der Waals surface area (Å²) in [6, 6.07) is 7.95. The molecule has 1 N–H and O–H groups in total. The molecule has 1 unspecified atom stereocenters. The van der Waals surface area contributed by atoms with Crippen molar-refractivity contribution in [2.45, 2.75) is 39.7 Å². The smallest absolute Gasteiger partial charge is 0.316 e. The molecule has 1 saturated heterocycles. The molecule has 7 nitrogen and oxygen atoms in total. The van der Waals surface area contributed by atoms with E-state index in [1.165, 1.54) is 5.56 Å². The average Bonchev–Trinajstić information content (AvgIpc) is 3.09. The molecule has 0 aliphatic carbocycles. The summed E-state index contributed by atoms with van der Waals surface area (Å²) < 4.78 is 5.06. The van der Waals surface area contributed by atoms with Crippen molar-refractivity contribution in [2.75, 3.05) is 13.1 Å². The number of aryl methyl sites for hydroxylation is 1. The lowest BCUT2D eigenvalue weighted by Gasteiger charge is -2.29. The monoisotopic (exact) mass is 356 g/mol. The Bertz CT molecular complexity index is 769. The van der Waals surface area contributed by atoms with Crippen LogP contribution < -0.4 is 5.32 Å². The van der Waals surface area contributed by atoms with Crippen LogP contribution in [0, 0.1) is 12.8 Å². The number of piperidine rings is 1. The summed E-state index contributed by atoms with van der Waals surface area (Å²) in [5.41, 5.74) is 2.19. The Labute approximate surface area is 152 Å². The molecule has 2 amide bonds. The van der Waals surface area contributed by atoms with Gasteiger partial charge in [-0.1, -0.05) is 41.9 Å². The lowest BCUT2D eigenvalue weighted by molar-refractivity contribution is -0.120. The highest BCUT2D eigenvalue weighted by Crippen LogP contribution is 2.17. The highest BCUT2D eigenvalue weighted by molar-refractivity contribution is 5.89. The molecule has 138 valence electrons. The van der Waals surface area contributed by atoms with Crippen molar-refractivity contribution in [3.63, 3.8) is 0 Å². The molecule has 0 spiro atoms. The Kier molecular flexibility index (Phi) is 5.65. The van der Waals surface area contributed by atoms with Gasteiger partial charge < -0.3 is 14.7 Å². The second-order valence-electron chi connectivity index (χ2n) is 6.95. The van der Waals surface area contributed by atoms with E-state index in [-0.39, 0.29) is 30.0 Å². The molecule has 1 aromatic carbocycles. The second kappa shape index (κ2) is 8.12. The van der Waals surface area contributed by atoms with E-state index in [4.69, 9.17) is 4.52 Å². The molecule has 3 rings (SSSR count). The number of carbonyl (C=O) groups excluding carboxylic acids is 2. The highest BCUT2D eigenvalue weighted by atomic mass is 16.5. The lowest BCUT2D eigenvalue weighted by atomic mass is 10.0. The van der Waals surface area contributed by atoms with Crippen LogP contribution in [-0.2, 0) is 17.8 Å². The van der Waals surface area contributed by atoms with Crippen LogP contribution in [0.25, 0.3) is 0 Å². The third-order valence-electron chi connectivity index (χ3n) is 4.52. The van der Waals surface area contributed by atoms with Crippen molar-refractivity contribution >= 4 is 11.8 Å². The molecule has 2 aromatic rings. The Balaban J connectivity index is 1.51. The van der Waals surface area contributed by atoms with Crippen LogP contribution >= 0.6 is 0 Å². The Morgan fingerprint density at radius 1 is 1.31 bits per heavy atom. The first-order valence-electron chi connectivity index (χ1n) is 8.95. The number of amides is 2. The summed E-state index contributed by atoms with van der Waals surface area (Å²) >= 11 is 0. The van der Waals surface area contributed by atoms with E-state index in [1.54, 1.807) is 4.90 Å². The highest BCUT2D eigenvalue weighted by Gasteiger charge is 2.26. The van der Waals surface area contributed by atoms with Crippen LogP contribution in [0.4, 0.5) is 0 Å². The summed E-state index contributed by atoms with van der Waals surface area (Å²) in [5, 5.41) is 6.58. The summed E-state index contributed by atoms with van der Waals surface area (Å²) in [7, 11) is 0. The molecule has 1 aliphatic heterocycles. The fourth-order valence-corrected chi connectivity index (χ4v) is 3.03. The van der Waals surface area contributed by atoms with Crippen LogP contribution in [0.5, 0.6) is 0 Å². The summed E-state index contributed by atoms with van der Waals surface area (Å²) in [4.78, 5) is 30.3. The van der Waals surface area contributed by atoms with Crippen LogP contribution in [0.15, 0.2) is 28.8 Å². The predicted octanol–water partition coefficient (Wildman–Crippen LogP) is 2.11. The molecule has 1 fully saturated rings. The van der Waals surface area contributed by atoms with Gasteiger partial charge in [-0.05, 0) is 31.2 Å². The number of carbonyl (C=O) groups is 2. The molecular formula is C19H24N4O3. The van der Waals surface area contributed by atoms with E-state index in [0.29, 0.717) is 25.6 Å². The van der Waals surface area contributed by atoms with E-state index in [2.05, 4.69) is 22.4 Å². The lowest BCUT2D eigenvalue weighted by Crippen LogP contribution is -2.39. The van der Waals surface area contributed by atoms with Crippen molar-refractivity contribution in [2.24, 2.45) is 5.92 Å². The SMILES string of the molecule is Cc1ccc(CNC(=O)Cc2noc(C(=O)N3CCCC(C)C3)n2)cc1. The molecular weight excluding hydrogens is 332 g/mol. The normalized spacial score (nSPS) is 17.2. The maximum absolute atomic E-state index is 12.4. The van der Waals surface area contributed by atoms with Gasteiger partial charge in [0.2, 0.25) is 5.91 Å². The number of aromatic nitrogens is 2. The standard InChI is InChI=1S/C19H24N4O3/c1-13-5-7-15(8-6-13)11-20-17(24)10-16-21-18(26-22-16)19(25)23-9-3-4-14(2)12-23/h5-8,14H,3-4,9-12H2,1-2H3,(H,20,24). The molecule has 1 aliphatic rings. The summed E-state index contributed by atoms with van der Waals surface area (Å²) in [6.45, 7) is 5.99. The molecule has 0 bridgehead atoms. The van der Waals surface area contributed by atoms with Gasteiger partial charge in [0.15, 0.2) is 5.82 Å². The fraction of sp³-hybridized carbons (Fsp3) is 0.474. The van der Waals surface area contributed by atoms with Crippen molar-refractivity contribution < 1.29 is 14.1 Å². The third kappa shape index (κ3) is 4.68. The molecule has 2 heterocycles. The Hall–Kier alpha value is -2.70. The molecule has 26 heavy (non-hydrogen) atoms. The molecule has 0 saturated carbocycles. The van der Waals surface area contributed by atoms with Gasteiger partial charge >= 0.3 is 11.8 Å². The molecule has 7 heteroatoms. The first kappa shape index (κ1) is 18.1. The van der Waals surface area contributed by atoms with Gasteiger partial charge in [0.05, 0.1) is 6.42 Å². The predicted molar refractivity (Wildman–Crippen MR) is 95.3 cm³/mol. The largest absolute Gasteiger partial charge is 0.352 e. The minimum Gasteiger partial charge on any atom is -0.352 e. The first-order valence-corrected chi connectivity index (χ1v) is 8.95. The zero-order valence-corrected chi connectivity index (χ0v) is 15.2. The third-order valence-corrected chi connectivity index (χ3v) is 4.52. The van der Waals surface area contributed by atoms with Gasteiger partial charge in [0.1, 0.15) is 0 Å². The van der Waals surface area contributed by atoms with Crippen LogP contribution in [0.3, 0.4) is 0 Å². The van der Waals surface area contributed by atoms with E-state index in [0.717, 1.165) is 18.4 Å². The van der Waals surface area contributed by atoms with E-state index in [9.17, 15) is 9.59 Å². The maximum Gasteiger partial charge on any atom is 0.316 e. The number of benzene rings is 1. The Morgan fingerprint density at radius 3 is 2.81 bits per heavy atom. The number of hydrogen-bond acceptors (Lipinski definition) is 5. The minimum absolute atomic E-state index is 0.0148. The Morgan fingerprint density at radius 2 is 2.08 bits per heavy atom. The van der Waals surface area contributed by atoms with Crippen molar-refractivity contribution in [1.82, 2.24) is 20.4 Å². The first-order chi connectivity index (χ1) is 12.5. The number of nitrogens with zero attached hydrogens (tertiary/aromatic N) is 3. The van der Waals surface area contributed by atoms with E-state index < -0.39 is 0 Å². The fourth-order valence-electron chi connectivity index (χ4n) is 3.03. The van der Waals surface area contributed by atoms with Gasteiger partial charge in [-0.3, -0.25) is 9.59 Å². The van der Waals surface area contributed by atoms with E-state index in [1.807, 2.05) is 31.2 Å². The van der Waals surface area contributed by atoms with Crippen LogP contribution in [0.1, 0.15) is 47.4 Å². The number of rotatable bonds is 5. The minimum atomic E-state index is -0.254. The second-order valence-corrected chi connectivity index (χ2v) is 6.95. The van der Waals surface area contributed by atoms with Gasteiger partial charge in [-0.15, -0.1) is 0 Å². The van der Waals surface area contributed by atoms with Crippen LogP contribution in [0.2, 0.25) is 0 Å². The summed E-state index contributed by atoms with van der Waals surface area (Å²) in [6.07, 6.45) is 2.09. The van der Waals surface area contributed by atoms with Crippen molar-refractivity contribution in [3.05, 3.63) is 47.1 Å². The molecule has 1 aromatic heterocycles. The van der Waals surface area contributed by atoms with Gasteiger partial charge in [-0.2, -0.15) is 4.98 Å². The number of likely N-dealkylation sites (tertiary alicyclic amines) is 1.